The molecule has 0 bridgehead atoms. The number of amides is 3. The van der Waals surface area contributed by atoms with E-state index in [9.17, 15) is 19.5 Å². The van der Waals surface area contributed by atoms with Gasteiger partial charge in [0.2, 0.25) is 0 Å². The zero-order valence-corrected chi connectivity index (χ0v) is 17.4. The number of nitrogens with one attached hydrogen (secondary N) is 2. The second kappa shape index (κ2) is 8.48. The molecule has 0 spiro atoms. The molecular formula is C21H26N4O5. The van der Waals surface area contributed by atoms with Crippen molar-refractivity contribution in [3.63, 3.8) is 0 Å². The van der Waals surface area contributed by atoms with Crippen LogP contribution in [0.3, 0.4) is 0 Å². The third-order valence-corrected chi connectivity index (χ3v) is 5.16. The Morgan fingerprint density at radius 1 is 1.30 bits per heavy atom. The van der Waals surface area contributed by atoms with Crippen molar-refractivity contribution in [2.24, 2.45) is 0 Å². The first-order chi connectivity index (χ1) is 14.3. The largest absolute Gasteiger partial charge is 0.505 e. The number of carbonyl (C=O) groups excluding carboxylic acids is 3. The molecule has 1 unspecified atom stereocenters. The van der Waals surface area contributed by atoms with Crippen molar-refractivity contribution >= 4 is 23.4 Å². The number of benzene rings is 1. The van der Waals surface area contributed by atoms with Crippen molar-refractivity contribution in [2.75, 3.05) is 26.5 Å². The quantitative estimate of drug-likeness (QED) is 0.457. The summed E-state index contributed by atoms with van der Waals surface area (Å²) in [6, 6.07) is 4.42. The van der Waals surface area contributed by atoms with Gasteiger partial charge in [-0.3, -0.25) is 19.3 Å². The molecule has 3 rings (SSSR count). The van der Waals surface area contributed by atoms with Crippen molar-refractivity contribution in [1.29, 1.82) is 0 Å². The fourth-order valence-electron chi connectivity index (χ4n) is 3.39. The molecule has 1 aromatic rings. The van der Waals surface area contributed by atoms with Gasteiger partial charge in [-0.15, -0.1) is 0 Å². The predicted octanol–water partition coefficient (Wildman–Crippen LogP) is 1.39. The molecule has 2 aliphatic rings. The van der Waals surface area contributed by atoms with Gasteiger partial charge in [0.1, 0.15) is 17.5 Å². The molecule has 0 aliphatic carbocycles. The third kappa shape index (κ3) is 3.83. The molecule has 160 valence electrons. The summed E-state index contributed by atoms with van der Waals surface area (Å²) in [5, 5.41) is 16.6. The number of phenols is 1. The smallest absolute Gasteiger partial charge is 0.279 e. The highest BCUT2D eigenvalue weighted by molar-refractivity contribution is 6.20. The number of hydrogen-bond acceptors (Lipinski definition) is 7. The van der Waals surface area contributed by atoms with E-state index in [4.69, 9.17) is 4.74 Å². The van der Waals surface area contributed by atoms with Crippen LogP contribution in [0.25, 0.3) is 0 Å². The van der Waals surface area contributed by atoms with E-state index in [2.05, 4.69) is 10.6 Å². The minimum atomic E-state index is -0.536. The Morgan fingerprint density at radius 3 is 2.60 bits per heavy atom. The zero-order chi connectivity index (χ0) is 22.0. The maximum absolute atomic E-state index is 12.7. The third-order valence-electron chi connectivity index (χ3n) is 5.16. The predicted molar refractivity (Wildman–Crippen MR) is 110 cm³/mol. The van der Waals surface area contributed by atoms with Crippen molar-refractivity contribution in [1.82, 2.24) is 15.1 Å². The van der Waals surface area contributed by atoms with Crippen LogP contribution in [0.5, 0.6) is 5.75 Å². The maximum atomic E-state index is 12.7. The van der Waals surface area contributed by atoms with Gasteiger partial charge >= 0.3 is 0 Å². The molecule has 30 heavy (non-hydrogen) atoms. The van der Waals surface area contributed by atoms with Gasteiger partial charge in [0.05, 0.1) is 23.6 Å². The molecule has 2 heterocycles. The highest BCUT2D eigenvalue weighted by Gasteiger charge is 2.38. The van der Waals surface area contributed by atoms with Crippen LogP contribution in [0.4, 0.5) is 5.69 Å². The summed E-state index contributed by atoms with van der Waals surface area (Å²) in [5.41, 5.74) is 0.354. The van der Waals surface area contributed by atoms with E-state index in [0.717, 1.165) is 4.90 Å². The molecule has 0 aromatic heterocycles. The number of carbonyl (C=O) groups is 3. The Hall–Kier alpha value is -3.49. The Morgan fingerprint density at radius 2 is 2.00 bits per heavy atom. The number of phenolic OH excluding ortho intramolecular Hbond substituents is 1. The molecule has 3 amide bonds. The van der Waals surface area contributed by atoms with Gasteiger partial charge < -0.3 is 25.4 Å². The van der Waals surface area contributed by atoms with Crippen molar-refractivity contribution < 1.29 is 24.2 Å². The van der Waals surface area contributed by atoms with E-state index in [1.807, 2.05) is 13.0 Å². The topological polar surface area (TPSA) is 111 Å². The number of aromatic hydroxyl groups is 1. The number of para-hydroxylation sites is 1. The standard InChI is InChI=1S/C21H26N4O5/c1-5-13(15-10-7-11-30-15)22-16-17(21(29)25(4)20(16)28)23-14-9-6-8-12(18(14)26)19(27)24(2)3/h6-9,11,13,15,22-23,26H,5,10H2,1-4H3/t13-,15?/m1/s1. The summed E-state index contributed by atoms with van der Waals surface area (Å²) in [7, 11) is 4.54. The van der Waals surface area contributed by atoms with Crippen molar-refractivity contribution in [3.05, 3.63) is 47.5 Å². The Bertz CT molecular complexity index is 929. The van der Waals surface area contributed by atoms with Crippen LogP contribution in [0.2, 0.25) is 0 Å². The molecule has 0 saturated carbocycles. The molecule has 2 atom stereocenters. The molecule has 9 heteroatoms. The van der Waals surface area contributed by atoms with E-state index in [1.165, 1.54) is 24.1 Å². The number of nitrogens with zero attached hydrogens (tertiary/aromatic N) is 2. The summed E-state index contributed by atoms with van der Waals surface area (Å²) in [6.45, 7) is 1.96. The number of anilines is 1. The summed E-state index contributed by atoms with van der Waals surface area (Å²) >= 11 is 0. The van der Waals surface area contributed by atoms with E-state index in [-0.39, 0.29) is 46.4 Å². The summed E-state index contributed by atoms with van der Waals surface area (Å²) in [6.07, 6.45) is 4.76. The first-order valence-corrected chi connectivity index (χ1v) is 9.70. The SMILES string of the molecule is CC[C@@H](NC1=C(Nc2cccc(C(=O)N(C)C)c2O)C(=O)N(C)C1=O)C1CC=CO1. The van der Waals surface area contributed by atoms with Gasteiger partial charge in [0, 0.05) is 27.6 Å². The number of likely N-dealkylation sites (N-methyl/N-ethyl adjacent to an activating group) is 1. The highest BCUT2D eigenvalue weighted by Crippen LogP contribution is 2.31. The minimum Gasteiger partial charge on any atom is -0.505 e. The second-order valence-corrected chi connectivity index (χ2v) is 7.39. The lowest BCUT2D eigenvalue weighted by Crippen LogP contribution is -2.41. The van der Waals surface area contributed by atoms with Crippen LogP contribution in [-0.2, 0) is 14.3 Å². The Labute approximate surface area is 175 Å². The van der Waals surface area contributed by atoms with Gasteiger partial charge in [-0.1, -0.05) is 13.0 Å². The van der Waals surface area contributed by atoms with Crippen LogP contribution in [0.15, 0.2) is 41.9 Å². The van der Waals surface area contributed by atoms with Crippen molar-refractivity contribution in [3.8, 4) is 5.75 Å². The minimum absolute atomic E-state index is 0.0108. The number of imide groups is 1. The molecule has 0 fully saturated rings. The maximum Gasteiger partial charge on any atom is 0.279 e. The van der Waals surface area contributed by atoms with E-state index >= 15 is 0 Å². The number of ether oxygens (including phenoxy) is 1. The monoisotopic (exact) mass is 414 g/mol. The van der Waals surface area contributed by atoms with E-state index in [0.29, 0.717) is 12.8 Å². The second-order valence-electron chi connectivity index (χ2n) is 7.39. The van der Waals surface area contributed by atoms with Crippen LogP contribution in [0, 0.1) is 0 Å². The van der Waals surface area contributed by atoms with Gasteiger partial charge in [-0.05, 0) is 24.6 Å². The number of rotatable bonds is 7. The molecule has 0 radical (unpaired) electrons. The normalized spacial score (nSPS) is 19.2. The average molecular weight is 414 g/mol. The molecule has 9 nitrogen and oxygen atoms in total. The van der Waals surface area contributed by atoms with E-state index in [1.54, 1.807) is 26.4 Å². The van der Waals surface area contributed by atoms with Gasteiger partial charge in [-0.25, -0.2) is 0 Å². The van der Waals surface area contributed by atoms with Crippen LogP contribution >= 0.6 is 0 Å². The Kier molecular flexibility index (Phi) is 6.00. The fourth-order valence-corrected chi connectivity index (χ4v) is 3.39. The van der Waals surface area contributed by atoms with Crippen molar-refractivity contribution in [2.45, 2.75) is 31.9 Å². The number of hydrogen-bond donors (Lipinski definition) is 3. The lowest BCUT2D eigenvalue weighted by atomic mass is 10.1. The summed E-state index contributed by atoms with van der Waals surface area (Å²) in [5.74, 6) is -1.70. The highest BCUT2D eigenvalue weighted by atomic mass is 16.5. The van der Waals surface area contributed by atoms with Crippen LogP contribution in [0.1, 0.15) is 30.1 Å². The van der Waals surface area contributed by atoms with Gasteiger partial charge in [-0.2, -0.15) is 0 Å². The molecule has 1 aromatic carbocycles. The van der Waals surface area contributed by atoms with Crippen LogP contribution < -0.4 is 10.6 Å². The first-order valence-electron chi connectivity index (χ1n) is 9.70. The molecule has 0 saturated heterocycles. The summed E-state index contributed by atoms with van der Waals surface area (Å²) < 4.78 is 5.56. The molecule has 3 N–H and O–H groups in total. The lowest BCUT2D eigenvalue weighted by Gasteiger charge is -2.24. The lowest BCUT2D eigenvalue weighted by molar-refractivity contribution is -0.136. The van der Waals surface area contributed by atoms with Crippen LogP contribution in [-0.4, -0.2) is 65.9 Å². The first kappa shape index (κ1) is 21.2. The Balaban J connectivity index is 1.94. The summed E-state index contributed by atoms with van der Waals surface area (Å²) in [4.78, 5) is 40.0. The van der Waals surface area contributed by atoms with Gasteiger partial charge in [0.25, 0.3) is 17.7 Å². The zero-order valence-electron chi connectivity index (χ0n) is 17.4. The molecule has 2 aliphatic heterocycles. The van der Waals surface area contributed by atoms with E-state index < -0.39 is 11.8 Å². The van der Waals surface area contributed by atoms with Gasteiger partial charge in [0.15, 0.2) is 5.75 Å². The molecular weight excluding hydrogens is 388 g/mol. The average Bonchev–Trinajstić information content (AvgIpc) is 3.32. The fraction of sp³-hybridized carbons (Fsp3) is 0.381.